The summed E-state index contributed by atoms with van der Waals surface area (Å²) in [5.41, 5.74) is 1.48. The fraction of sp³-hybridized carbons (Fsp3) is 0.217. The molecule has 0 heterocycles. The Morgan fingerprint density at radius 3 is 1.65 bits per heavy atom. The van der Waals surface area contributed by atoms with Crippen LogP contribution in [0.3, 0.4) is 0 Å². The largest absolute Gasteiger partial charge is 0.396 e. The zero-order chi connectivity index (χ0) is 18.2. The third-order valence-electron chi connectivity index (χ3n) is 4.54. The van der Waals surface area contributed by atoms with Crippen molar-refractivity contribution in [3.63, 3.8) is 0 Å². The van der Waals surface area contributed by atoms with Crippen LogP contribution < -0.4 is 0 Å². The minimum Gasteiger partial charge on any atom is -0.396 e. The summed E-state index contributed by atoms with van der Waals surface area (Å²) >= 11 is 0. The van der Waals surface area contributed by atoms with Crippen LogP contribution in [0, 0.1) is 0 Å². The lowest BCUT2D eigenvalue weighted by atomic mass is 9.78. The highest BCUT2D eigenvalue weighted by molar-refractivity contribution is 5.41. The predicted molar refractivity (Wildman–Crippen MR) is 103 cm³/mol. The van der Waals surface area contributed by atoms with Gasteiger partial charge in [-0.2, -0.15) is 0 Å². The molecule has 0 aromatic heterocycles. The predicted octanol–water partition coefficient (Wildman–Crippen LogP) is 4.06. The van der Waals surface area contributed by atoms with Crippen LogP contribution in [0.15, 0.2) is 91.0 Å². The minimum atomic E-state index is -1.06. The number of rotatable bonds is 8. The fourth-order valence-electron chi connectivity index (χ4n) is 3.27. The molecule has 0 bridgehead atoms. The first-order valence-corrected chi connectivity index (χ1v) is 8.88. The maximum Gasteiger partial charge on any atom is 0.148 e. The first-order chi connectivity index (χ1) is 12.8. The molecular weight excluding hydrogens is 324 g/mol. The molecule has 3 rings (SSSR count). The van der Waals surface area contributed by atoms with Crippen molar-refractivity contribution in [1.82, 2.24) is 0 Å². The Bertz CT molecular complexity index is 733. The minimum absolute atomic E-state index is 0.0427. The Hall–Kier alpha value is -2.46. The zero-order valence-electron chi connectivity index (χ0n) is 14.7. The normalized spacial score (nSPS) is 12.7. The Morgan fingerprint density at radius 2 is 1.19 bits per heavy atom. The number of aliphatic hydroxyl groups is 2. The van der Waals surface area contributed by atoms with Crippen LogP contribution >= 0.6 is 0 Å². The lowest BCUT2D eigenvalue weighted by Crippen LogP contribution is -2.38. The summed E-state index contributed by atoms with van der Waals surface area (Å²) < 4.78 is 6.35. The van der Waals surface area contributed by atoms with E-state index < -0.39 is 11.7 Å². The van der Waals surface area contributed by atoms with E-state index in [1.54, 1.807) is 0 Å². The van der Waals surface area contributed by atoms with E-state index in [-0.39, 0.29) is 6.61 Å². The van der Waals surface area contributed by atoms with Gasteiger partial charge in [0.2, 0.25) is 0 Å². The fourth-order valence-corrected chi connectivity index (χ4v) is 3.27. The standard InChI is InChI=1S/C23H24O3/c24-17-10-18-26-23(20-13-6-2-7-14-20,21-15-8-3-9-16-21)22(25)19-11-4-1-5-12-19/h1-9,11-16,22,24-25H,10,17-18H2/t22-/m0/s1. The second kappa shape index (κ2) is 8.77. The molecule has 0 fully saturated rings. The van der Waals surface area contributed by atoms with Crippen LogP contribution in [-0.2, 0) is 10.3 Å². The smallest absolute Gasteiger partial charge is 0.148 e. The molecule has 0 amide bonds. The van der Waals surface area contributed by atoms with Crippen molar-refractivity contribution in [1.29, 1.82) is 0 Å². The molecule has 26 heavy (non-hydrogen) atoms. The molecule has 1 atom stereocenters. The van der Waals surface area contributed by atoms with Gasteiger partial charge < -0.3 is 14.9 Å². The van der Waals surface area contributed by atoms with Gasteiger partial charge in [-0.15, -0.1) is 0 Å². The molecule has 0 aliphatic rings. The molecule has 3 heteroatoms. The molecule has 3 nitrogen and oxygen atoms in total. The summed E-state index contributed by atoms with van der Waals surface area (Å²) in [6.45, 7) is 0.380. The molecule has 0 saturated heterocycles. The van der Waals surface area contributed by atoms with Crippen LogP contribution in [-0.4, -0.2) is 23.4 Å². The average molecular weight is 348 g/mol. The lowest BCUT2D eigenvalue weighted by Gasteiger charge is -2.39. The molecular formula is C23H24O3. The highest BCUT2D eigenvalue weighted by Crippen LogP contribution is 2.44. The molecule has 0 saturated carbocycles. The van der Waals surface area contributed by atoms with Crippen molar-refractivity contribution in [2.24, 2.45) is 0 Å². The molecule has 3 aromatic carbocycles. The Kier molecular flexibility index (Phi) is 6.18. The molecule has 2 N–H and O–H groups in total. The van der Waals surface area contributed by atoms with Crippen LogP contribution in [0.2, 0.25) is 0 Å². The Balaban J connectivity index is 2.17. The third kappa shape index (κ3) is 3.70. The van der Waals surface area contributed by atoms with E-state index in [1.807, 2.05) is 91.0 Å². The summed E-state index contributed by atoms with van der Waals surface area (Å²) in [5.74, 6) is 0. The van der Waals surface area contributed by atoms with Crippen LogP contribution in [0.4, 0.5) is 0 Å². The summed E-state index contributed by atoms with van der Waals surface area (Å²) in [6.07, 6.45) is -0.393. The van der Waals surface area contributed by atoms with Gasteiger partial charge in [-0.05, 0) is 23.1 Å². The van der Waals surface area contributed by atoms with Gasteiger partial charge in [0, 0.05) is 6.61 Å². The number of hydrogen-bond donors (Lipinski definition) is 2. The van der Waals surface area contributed by atoms with Crippen molar-refractivity contribution < 1.29 is 14.9 Å². The number of hydrogen-bond acceptors (Lipinski definition) is 3. The lowest BCUT2D eigenvalue weighted by molar-refractivity contribution is -0.107. The molecule has 0 aliphatic heterocycles. The SMILES string of the molecule is OCCCOC(c1ccccc1)(c1ccccc1)[C@@H](O)c1ccccc1. The second-order valence-electron chi connectivity index (χ2n) is 6.21. The third-order valence-corrected chi connectivity index (χ3v) is 4.54. The van der Waals surface area contributed by atoms with Crippen molar-refractivity contribution in [2.75, 3.05) is 13.2 Å². The van der Waals surface area contributed by atoms with E-state index in [0.717, 1.165) is 16.7 Å². The van der Waals surface area contributed by atoms with E-state index in [4.69, 9.17) is 4.74 Å². The first-order valence-electron chi connectivity index (χ1n) is 8.88. The molecule has 3 aromatic rings. The number of ether oxygens (including phenoxy) is 1. The van der Waals surface area contributed by atoms with Gasteiger partial charge in [0.1, 0.15) is 11.7 Å². The molecule has 0 unspecified atom stereocenters. The maximum absolute atomic E-state index is 11.4. The molecule has 134 valence electrons. The van der Waals surface area contributed by atoms with Crippen LogP contribution in [0.1, 0.15) is 29.2 Å². The summed E-state index contributed by atoms with van der Waals surface area (Å²) in [5, 5.41) is 20.7. The van der Waals surface area contributed by atoms with Gasteiger partial charge in [0.15, 0.2) is 0 Å². The van der Waals surface area contributed by atoms with Gasteiger partial charge in [-0.3, -0.25) is 0 Å². The topological polar surface area (TPSA) is 49.7 Å². The molecule has 0 spiro atoms. The summed E-state index contributed by atoms with van der Waals surface area (Å²) in [4.78, 5) is 0. The van der Waals surface area contributed by atoms with Crippen molar-refractivity contribution in [3.8, 4) is 0 Å². The van der Waals surface area contributed by atoms with Crippen molar-refractivity contribution >= 4 is 0 Å². The highest BCUT2D eigenvalue weighted by atomic mass is 16.5. The van der Waals surface area contributed by atoms with E-state index in [9.17, 15) is 10.2 Å². The van der Waals surface area contributed by atoms with E-state index in [0.29, 0.717) is 13.0 Å². The van der Waals surface area contributed by atoms with Gasteiger partial charge in [0.25, 0.3) is 0 Å². The molecule has 0 radical (unpaired) electrons. The highest BCUT2D eigenvalue weighted by Gasteiger charge is 2.43. The van der Waals surface area contributed by atoms with Gasteiger partial charge in [-0.1, -0.05) is 91.0 Å². The quantitative estimate of drug-likeness (QED) is 0.604. The van der Waals surface area contributed by atoms with E-state index >= 15 is 0 Å². The van der Waals surface area contributed by atoms with E-state index in [2.05, 4.69) is 0 Å². The van der Waals surface area contributed by atoms with Gasteiger partial charge >= 0.3 is 0 Å². The summed E-state index contributed by atoms with van der Waals surface area (Å²) in [7, 11) is 0. The second-order valence-corrected chi connectivity index (χ2v) is 6.21. The number of aliphatic hydroxyl groups excluding tert-OH is 2. The van der Waals surface area contributed by atoms with Crippen molar-refractivity contribution in [3.05, 3.63) is 108 Å². The maximum atomic E-state index is 11.4. The first kappa shape index (κ1) is 18.3. The van der Waals surface area contributed by atoms with Crippen LogP contribution in [0.5, 0.6) is 0 Å². The monoisotopic (exact) mass is 348 g/mol. The Morgan fingerprint density at radius 1 is 0.731 bits per heavy atom. The van der Waals surface area contributed by atoms with E-state index in [1.165, 1.54) is 0 Å². The Labute approximate surface area is 154 Å². The van der Waals surface area contributed by atoms with Gasteiger partial charge in [0.05, 0.1) is 6.61 Å². The number of benzene rings is 3. The zero-order valence-corrected chi connectivity index (χ0v) is 14.7. The molecule has 0 aliphatic carbocycles. The van der Waals surface area contributed by atoms with Gasteiger partial charge in [-0.25, -0.2) is 0 Å². The average Bonchev–Trinajstić information content (AvgIpc) is 2.73. The summed E-state index contributed by atoms with van der Waals surface area (Å²) in [6, 6.07) is 29.1. The van der Waals surface area contributed by atoms with Crippen LogP contribution in [0.25, 0.3) is 0 Å². The van der Waals surface area contributed by atoms with Crippen molar-refractivity contribution in [2.45, 2.75) is 18.1 Å².